The fourth-order valence-electron chi connectivity index (χ4n) is 3.74. The zero-order chi connectivity index (χ0) is 31.3. The summed E-state index contributed by atoms with van der Waals surface area (Å²) in [7, 11) is 0. The van der Waals surface area contributed by atoms with Gasteiger partial charge in [0.15, 0.2) is 0 Å². The summed E-state index contributed by atoms with van der Waals surface area (Å²) in [5.74, 6) is 0. The van der Waals surface area contributed by atoms with Crippen LogP contribution >= 0.6 is 0 Å². The third-order valence-electron chi connectivity index (χ3n) is 6.32. The second kappa shape index (κ2) is 37.0. The molecule has 0 aliphatic carbocycles. The van der Waals surface area contributed by atoms with Crippen molar-refractivity contribution < 1.29 is 56.8 Å². The Morgan fingerprint density at radius 3 is 0.886 bits per heavy atom. The third kappa shape index (κ3) is 36.0. The van der Waals surface area contributed by atoms with Gasteiger partial charge in [-0.3, -0.25) is 0 Å². The Bertz CT molecular complexity index is 527. The van der Waals surface area contributed by atoms with E-state index in [0.29, 0.717) is 145 Å². The summed E-state index contributed by atoms with van der Waals surface area (Å²) in [4.78, 5) is 0. The van der Waals surface area contributed by atoms with Gasteiger partial charge in [-0.05, 0) is 6.42 Å². The lowest BCUT2D eigenvalue weighted by Gasteiger charge is -2.09. The molecule has 0 bridgehead atoms. The SMILES string of the molecule is CCCCCCCCCOCCOCCOCCOCCOCCOCCOCCOCCOCCOCCOCC1CO1. The first-order chi connectivity index (χ1) is 21.9. The molecule has 0 aromatic carbocycles. The highest BCUT2D eigenvalue weighted by molar-refractivity contribution is 4.66. The highest BCUT2D eigenvalue weighted by Crippen LogP contribution is 2.08. The van der Waals surface area contributed by atoms with Crippen LogP contribution in [-0.4, -0.2) is 158 Å². The standard InChI is InChI=1S/C32H64O12/c1-2-3-4-5-6-7-8-9-33-10-11-34-12-13-35-14-15-36-16-17-37-18-19-38-20-21-39-22-23-40-24-25-41-26-27-42-28-29-43-30-32-31-44-32/h32H,2-31H2,1H3. The first-order valence-corrected chi connectivity index (χ1v) is 16.9. The molecule has 0 radical (unpaired) electrons. The van der Waals surface area contributed by atoms with Crippen LogP contribution in [0.25, 0.3) is 0 Å². The average Bonchev–Trinajstić information content (AvgIpc) is 3.87. The molecule has 1 atom stereocenters. The molecule has 12 nitrogen and oxygen atoms in total. The van der Waals surface area contributed by atoms with E-state index in [1.165, 1.54) is 38.5 Å². The summed E-state index contributed by atoms with van der Waals surface area (Å²) in [5, 5.41) is 0. The Balaban J connectivity index is 1.58. The van der Waals surface area contributed by atoms with Crippen molar-refractivity contribution in [2.24, 2.45) is 0 Å². The molecule has 0 amide bonds. The van der Waals surface area contributed by atoms with E-state index in [2.05, 4.69) is 6.92 Å². The van der Waals surface area contributed by atoms with Crippen molar-refractivity contribution in [3.8, 4) is 0 Å². The third-order valence-corrected chi connectivity index (χ3v) is 6.32. The minimum Gasteiger partial charge on any atom is -0.379 e. The van der Waals surface area contributed by atoms with Gasteiger partial charge in [0, 0.05) is 6.61 Å². The first kappa shape index (κ1) is 41.5. The molecule has 0 aromatic heterocycles. The molecule has 1 fully saturated rings. The van der Waals surface area contributed by atoms with E-state index in [4.69, 9.17) is 56.8 Å². The Morgan fingerprint density at radius 1 is 0.341 bits per heavy atom. The van der Waals surface area contributed by atoms with Crippen molar-refractivity contribution in [2.75, 3.05) is 152 Å². The highest BCUT2D eigenvalue weighted by Gasteiger charge is 2.21. The zero-order valence-electron chi connectivity index (χ0n) is 27.7. The second-order valence-electron chi connectivity index (χ2n) is 10.3. The summed E-state index contributed by atoms with van der Waals surface area (Å²) in [6.45, 7) is 15.6. The van der Waals surface area contributed by atoms with E-state index in [9.17, 15) is 0 Å². The number of unbranched alkanes of at least 4 members (excludes halogenated alkanes) is 6. The molecule has 1 heterocycles. The number of rotatable bonds is 40. The van der Waals surface area contributed by atoms with Gasteiger partial charge in [0.05, 0.1) is 145 Å². The molecule has 1 rings (SSSR count). The van der Waals surface area contributed by atoms with Crippen molar-refractivity contribution in [1.29, 1.82) is 0 Å². The minimum absolute atomic E-state index is 0.300. The van der Waals surface area contributed by atoms with Gasteiger partial charge >= 0.3 is 0 Å². The Kier molecular flexibility index (Phi) is 34.9. The Labute approximate surface area is 266 Å². The van der Waals surface area contributed by atoms with Crippen LogP contribution in [0.3, 0.4) is 0 Å². The number of hydrogen-bond donors (Lipinski definition) is 0. The monoisotopic (exact) mass is 640 g/mol. The van der Waals surface area contributed by atoms with Crippen molar-refractivity contribution in [2.45, 2.75) is 58.0 Å². The summed E-state index contributed by atoms with van der Waals surface area (Å²) >= 11 is 0. The van der Waals surface area contributed by atoms with Crippen LogP contribution in [0.5, 0.6) is 0 Å². The van der Waals surface area contributed by atoms with Crippen LogP contribution in [0.15, 0.2) is 0 Å². The normalized spacial score (nSPS) is 14.5. The lowest BCUT2D eigenvalue weighted by atomic mass is 10.1. The smallest absolute Gasteiger partial charge is 0.104 e. The van der Waals surface area contributed by atoms with Crippen molar-refractivity contribution >= 4 is 0 Å². The number of hydrogen-bond acceptors (Lipinski definition) is 12. The fraction of sp³-hybridized carbons (Fsp3) is 1.00. The van der Waals surface area contributed by atoms with Gasteiger partial charge in [-0.1, -0.05) is 45.4 Å². The molecular formula is C32H64O12. The number of ether oxygens (including phenoxy) is 12. The predicted molar refractivity (Wildman–Crippen MR) is 167 cm³/mol. The number of epoxide rings is 1. The summed E-state index contributed by atoms with van der Waals surface area (Å²) in [6.07, 6.45) is 9.41. The molecule has 0 aromatic rings. The van der Waals surface area contributed by atoms with Gasteiger partial charge < -0.3 is 56.8 Å². The molecule has 264 valence electrons. The topological polar surface area (TPSA) is 114 Å². The van der Waals surface area contributed by atoms with Gasteiger partial charge in [0.25, 0.3) is 0 Å². The van der Waals surface area contributed by atoms with E-state index in [-0.39, 0.29) is 0 Å². The lowest BCUT2D eigenvalue weighted by Crippen LogP contribution is -2.15. The fourth-order valence-corrected chi connectivity index (χ4v) is 3.74. The van der Waals surface area contributed by atoms with Gasteiger partial charge in [0.1, 0.15) is 6.10 Å². The van der Waals surface area contributed by atoms with Crippen LogP contribution in [0, 0.1) is 0 Å². The zero-order valence-corrected chi connectivity index (χ0v) is 27.7. The van der Waals surface area contributed by atoms with E-state index in [1.54, 1.807) is 0 Å². The molecule has 0 N–H and O–H groups in total. The van der Waals surface area contributed by atoms with Crippen LogP contribution < -0.4 is 0 Å². The van der Waals surface area contributed by atoms with Crippen molar-refractivity contribution in [3.63, 3.8) is 0 Å². The van der Waals surface area contributed by atoms with E-state index in [0.717, 1.165) is 19.6 Å². The summed E-state index contributed by atoms with van der Waals surface area (Å²) < 4.78 is 65.4. The molecule has 12 heteroatoms. The maximum absolute atomic E-state index is 5.60. The molecule has 0 saturated carbocycles. The van der Waals surface area contributed by atoms with E-state index in [1.807, 2.05) is 0 Å². The van der Waals surface area contributed by atoms with Gasteiger partial charge in [0.2, 0.25) is 0 Å². The molecular weight excluding hydrogens is 576 g/mol. The predicted octanol–water partition coefficient (Wildman–Crippen LogP) is 3.32. The highest BCUT2D eigenvalue weighted by atomic mass is 16.6. The quantitative estimate of drug-likeness (QED) is 0.0723. The summed E-state index contributed by atoms with van der Waals surface area (Å²) in [5.41, 5.74) is 0. The molecule has 1 aliphatic heterocycles. The maximum atomic E-state index is 5.60. The maximum Gasteiger partial charge on any atom is 0.104 e. The molecule has 1 unspecified atom stereocenters. The molecule has 0 spiro atoms. The van der Waals surface area contributed by atoms with Crippen LogP contribution in [0.1, 0.15) is 51.9 Å². The van der Waals surface area contributed by atoms with Crippen LogP contribution in [0.4, 0.5) is 0 Å². The van der Waals surface area contributed by atoms with Crippen molar-refractivity contribution in [1.82, 2.24) is 0 Å². The molecule has 1 aliphatic rings. The minimum atomic E-state index is 0.300. The van der Waals surface area contributed by atoms with E-state index >= 15 is 0 Å². The lowest BCUT2D eigenvalue weighted by molar-refractivity contribution is -0.0276. The first-order valence-electron chi connectivity index (χ1n) is 16.9. The molecule has 44 heavy (non-hydrogen) atoms. The Morgan fingerprint density at radius 2 is 0.591 bits per heavy atom. The second-order valence-corrected chi connectivity index (χ2v) is 10.3. The van der Waals surface area contributed by atoms with E-state index < -0.39 is 0 Å². The van der Waals surface area contributed by atoms with Gasteiger partial charge in [-0.15, -0.1) is 0 Å². The van der Waals surface area contributed by atoms with Crippen LogP contribution in [0.2, 0.25) is 0 Å². The molecule has 1 saturated heterocycles. The Hall–Kier alpha value is -0.480. The summed E-state index contributed by atoms with van der Waals surface area (Å²) in [6, 6.07) is 0. The van der Waals surface area contributed by atoms with Gasteiger partial charge in [-0.2, -0.15) is 0 Å². The van der Waals surface area contributed by atoms with Crippen LogP contribution in [-0.2, 0) is 56.8 Å². The van der Waals surface area contributed by atoms with Crippen molar-refractivity contribution in [3.05, 3.63) is 0 Å². The van der Waals surface area contributed by atoms with Gasteiger partial charge in [-0.25, -0.2) is 0 Å². The largest absolute Gasteiger partial charge is 0.379 e. The average molecular weight is 641 g/mol.